The highest BCUT2D eigenvalue weighted by atomic mass is 16.7. The van der Waals surface area contributed by atoms with Crippen molar-refractivity contribution in [3.05, 3.63) is 0 Å². The number of nitrogens with one attached hydrogen (secondary N) is 2. The summed E-state index contributed by atoms with van der Waals surface area (Å²) in [4.78, 5) is 24.0. The number of amides is 2. The zero-order valence-corrected chi connectivity index (χ0v) is 30.8. The van der Waals surface area contributed by atoms with Gasteiger partial charge in [0.05, 0.1) is 32.0 Å². The van der Waals surface area contributed by atoms with Gasteiger partial charge in [-0.2, -0.15) is 0 Å². The monoisotopic (exact) mass is 736 g/mol. The molecule has 0 aromatic rings. The molecule has 2 aliphatic rings. The lowest BCUT2D eigenvalue weighted by molar-refractivity contribution is -0.342. The maximum absolute atomic E-state index is 12.3. The summed E-state index contributed by atoms with van der Waals surface area (Å²) in [5.41, 5.74) is 0. The minimum absolute atomic E-state index is 0.0440. The molecule has 0 saturated carbocycles. The smallest absolute Gasteiger partial charge is 0.220 e. The van der Waals surface area contributed by atoms with E-state index >= 15 is 0 Å². The van der Waals surface area contributed by atoms with E-state index in [1.165, 1.54) is 84.0 Å². The van der Waals surface area contributed by atoms with Crippen LogP contribution in [0.3, 0.4) is 0 Å². The van der Waals surface area contributed by atoms with Crippen LogP contribution in [0.5, 0.6) is 0 Å². The second kappa shape index (κ2) is 26.3. The third-order valence-electron chi connectivity index (χ3n) is 9.64. The van der Waals surface area contributed by atoms with Crippen LogP contribution in [0.25, 0.3) is 0 Å². The molecule has 2 heterocycles. The molecule has 0 aromatic carbocycles. The summed E-state index contributed by atoms with van der Waals surface area (Å²) in [6.07, 6.45) is 4.12. The van der Waals surface area contributed by atoms with E-state index in [2.05, 4.69) is 17.6 Å². The number of aliphatic hydroxyl groups is 7. The minimum atomic E-state index is -1.74. The molecule has 11 atom stereocenters. The van der Waals surface area contributed by atoms with Crippen LogP contribution >= 0.6 is 0 Å². The Morgan fingerprint density at radius 1 is 0.824 bits per heavy atom. The van der Waals surface area contributed by atoms with Crippen LogP contribution in [0.15, 0.2) is 0 Å². The van der Waals surface area contributed by atoms with Crippen molar-refractivity contribution in [2.45, 2.75) is 190 Å². The first-order chi connectivity index (χ1) is 24.5. The van der Waals surface area contributed by atoms with Crippen LogP contribution in [0, 0.1) is 0 Å². The fourth-order valence-corrected chi connectivity index (χ4v) is 6.64. The molecule has 2 aliphatic heterocycles. The first kappa shape index (κ1) is 45.7. The molecular formula is C36H68N2O13. The third kappa shape index (κ3) is 17.0. The summed E-state index contributed by atoms with van der Waals surface area (Å²) in [6.45, 7) is 2.05. The molecule has 2 amide bonds. The summed E-state index contributed by atoms with van der Waals surface area (Å²) in [6, 6.07) is -1.17. The van der Waals surface area contributed by atoms with Gasteiger partial charge < -0.3 is 65.3 Å². The summed E-state index contributed by atoms with van der Waals surface area (Å²) in [5, 5.41) is 77.4. The molecule has 15 nitrogen and oxygen atoms in total. The van der Waals surface area contributed by atoms with Gasteiger partial charge in [-0.1, -0.05) is 96.8 Å². The zero-order chi connectivity index (χ0) is 37.6. The Hall–Kier alpha value is -1.50. The molecule has 2 fully saturated rings. The molecule has 0 unspecified atom stereocenters. The quantitative estimate of drug-likeness (QED) is 0.0534. The Balaban J connectivity index is 1.69. The van der Waals surface area contributed by atoms with Crippen molar-refractivity contribution in [3.63, 3.8) is 0 Å². The van der Waals surface area contributed by atoms with Gasteiger partial charge in [-0.25, -0.2) is 0 Å². The highest BCUT2D eigenvalue weighted by Crippen LogP contribution is 2.30. The van der Waals surface area contributed by atoms with Crippen molar-refractivity contribution in [2.75, 3.05) is 26.4 Å². The molecule has 9 N–H and O–H groups in total. The van der Waals surface area contributed by atoms with Crippen LogP contribution in [0.1, 0.15) is 123 Å². The maximum Gasteiger partial charge on any atom is 0.220 e. The summed E-state index contributed by atoms with van der Waals surface area (Å²) < 4.78 is 22.7. The van der Waals surface area contributed by atoms with Crippen molar-refractivity contribution < 1.29 is 64.3 Å². The summed E-state index contributed by atoms with van der Waals surface area (Å²) >= 11 is 0. The topological polar surface area (TPSA) is 237 Å². The van der Waals surface area contributed by atoms with Gasteiger partial charge in [0.2, 0.25) is 11.8 Å². The summed E-state index contributed by atoms with van der Waals surface area (Å²) in [7, 11) is 0. The molecule has 0 radical (unpaired) electrons. The van der Waals surface area contributed by atoms with Crippen molar-refractivity contribution in [1.29, 1.82) is 0 Å². The first-order valence-electron chi connectivity index (χ1n) is 19.3. The second-order valence-corrected chi connectivity index (χ2v) is 14.0. The standard InChI is InChI=1S/C36H68N2O13/c1-3-4-5-6-7-8-9-10-11-12-13-14-15-16-17-18-28(44)37-19-20-48-36-33(47)35(32(46)27(23-40)49-36)51-29-21-25(42)30(38-24(2)41)34(50-29)31(45)26(43)22-39/h25-27,29-36,39-40,42-43,45-47H,3-23H2,1-2H3,(H,37,44)(H,38,41)/t25-,26+,27+,29+,30+,31-,32-,33+,34+,35-,36+/m0/s1. The average Bonchev–Trinajstić information content (AvgIpc) is 3.11. The number of unbranched alkanes of at least 4 members (excludes halogenated alkanes) is 14. The number of ether oxygens (including phenoxy) is 4. The maximum atomic E-state index is 12.3. The van der Waals surface area contributed by atoms with Gasteiger partial charge in [0.25, 0.3) is 0 Å². The minimum Gasteiger partial charge on any atom is -0.394 e. The molecule has 0 aromatic heterocycles. The number of hydrogen-bond acceptors (Lipinski definition) is 13. The highest BCUT2D eigenvalue weighted by Gasteiger charge is 2.50. The number of rotatable bonds is 27. The van der Waals surface area contributed by atoms with E-state index in [1.54, 1.807) is 0 Å². The molecule has 0 spiro atoms. The predicted octanol–water partition coefficient (Wildman–Crippen LogP) is 0.900. The van der Waals surface area contributed by atoms with Crippen molar-refractivity contribution in [1.82, 2.24) is 10.6 Å². The Morgan fingerprint density at radius 2 is 1.39 bits per heavy atom. The van der Waals surface area contributed by atoms with E-state index in [9.17, 15) is 45.3 Å². The third-order valence-corrected chi connectivity index (χ3v) is 9.64. The van der Waals surface area contributed by atoms with Crippen molar-refractivity contribution in [2.24, 2.45) is 0 Å². The predicted molar refractivity (Wildman–Crippen MR) is 187 cm³/mol. The summed E-state index contributed by atoms with van der Waals surface area (Å²) in [5.74, 6) is -0.656. The number of carbonyl (C=O) groups is 2. The normalized spacial score (nSPS) is 29.4. The van der Waals surface area contributed by atoms with Gasteiger partial charge in [0.15, 0.2) is 12.6 Å². The van der Waals surface area contributed by atoms with Gasteiger partial charge in [0, 0.05) is 26.3 Å². The van der Waals surface area contributed by atoms with Crippen LogP contribution in [0.2, 0.25) is 0 Å². The number of carbonyl (C=O) groups excluding carboxylic acids is 2. The average molecular weight is 737 g/mol. The Labute approximate surface area is 303 Å². The van der Waals surface area contributed by atoms with Gasteiger partial charge in [-0.05, 0) is 6.42 Å². The number of hydrogen-bond donors (Lipinski definition) is 9. The van der Waals surface area contributed by atoms with E-state index in [4.69, 9.17) is 18.9 Å². The Morgan fingerprint density at radius 3 is 1.92 bits per heavy atom. The fraction of sp³-hybridized carbons (Fsp3) is 0.944. The molecule has 2 saturated heterocycles. The highest BCUT2D eigenvalue weighted by molar-refractivity contribution is 5.75. The Kier molecular flexibility index (Phi) is 23.5. The molecule has 0 aliphatic carbocycles. The van der Waals surface area contributed by atoms with E-state index in [1.807, 2.05) is 0 Å². The van der Waals surface area contributed by atoms with Gasteiger partial charge in [-0.15, -0.1) is 0 Å². The van der Waals surface area contributed by atoms with Crippen LogP contribution in [0.4, 0.5) is 0 Å². The molecule has 0 bridgehead atoms. The van der Waals surface area contributed by atoms with E-state index < -0.39 is 86.6 Å². The van der Waals surface area contributed by atoms with Crippen molar-refractivity contribution >= 4 is 11.8 Å². The second-order valence-electron chi connectivity index (χ2n) is 14.0. The number of aliphatic hydroxyl groups excluding tert-OH is 7. The lowest BCUT2D eigenvalue weighted by atomic mass is 9.92. The molecule has 2 rings (SSSR count). The van der Waals surface area contributed by atoms with Crippen molar-refractivity contribution in [3.8, 4) is 0 Å². The van der Waals surface area contributed by atoms with Gasteiger partial charge in [-0.3, -0.25) is 9.59 Å². The Bertz CT molecular complexity index is 934. The van der Waals surface area contributed by atoms with Gasteiger partial charge >= 0.3 is 0 Å². The van der Waals surface area contributed by atoms with Crippen LogP contribution in [-0.2, 0) is 28.5 Å². The lowest BCUT2D eigenvalue weighted by Gasteiger charge is -2.46. The molecule has 51 heavy (non-hydrogen) atoms. The SMILES string of the molecule is CCCCCCCCCCCCCCCCCC(=O)NCCO[C@@H]1O[C@H](CO)[C@H](O)[C@H](O[C@@H]2C[C@H](O)[C@@H](NC(C)=O)[C@H]([C@@H](O)[C@H](O)CO)O2)[C@H]1O. The van der Waals surface area contributed by atoms with E-state index in [-0.39, 0.29) is 25.5 Å². The largest absolute Gasteiger partial charge is 0.394 e. The molecular weight excluding hydrogens is 668 g/mol. The van der Waals surface area contributed by atoms with Crippen LogP contribution < -0.4 is 10.6 Å². The fourth-order valence-electron chi connectivity index (χ4n) is 6.64. The lowest BCUT2D eigenvalue weighted by Crippen LogP contribution is -2.65. The molecule has 15 heteroatoms. The van der Waals surface area contributed by atoms with Crippen LogP contribution in [-0.4, -0.2) is 141 Å². The molecule has 300 valence electrons. The first-order valence-corrected chi connectivity index (χ1v) is 19.3. The van der Waals surface area contributed by atoms with Gasteiger partial charge in [0.1, 0.15) is 42.7 Å². The van der Waals surface area contributed by atoms with E-state index in [0.717, 1.165) is 19.3 Å². The zero-order valence-electron chi connectivity index (χ0n) is 30.8. The van der Waals surface area contributed by atoms with E-state index in [0.29, 0.717) is 6.42 Å².